The summed E-state index contributed by atoms with van der Waals surface area (Å²) in [5, 5.41) is 7.80. The highest BCUT2D eigenvalue weighted by Crippen LogP contribution is 2.13. The lowest BCUT2D eigenvalue weighted by atomic mass is 10.1. The lowest BCUT2D eigenvalue weighted by molar-refractivity contribution is 0.414. The zero-order chi connectivity index (χ0) is 17.2. The molecular weight excluding hydrogens is 320 g/mol. The SMILES string of the molecule is CCNC(=NCCc1ncc(C)s1)NCCc1cccc(OC)c1. The van der Waals surface area contributed by atoms with Crippen LogP contribution in [0.5, 0.6) is 5.75 Å². The molecule has 1 aromatic heterocycles. The topological polar surface area (TPSA) is 58.5 Å². The van der Waals surface area contributed by atoms with Crippen LogP contribution in [0, 0.1) is 6.92 Å². The number of hydrogen-bond donors (Lipinski definition) is 2. The molecule has 24 heavy (non-hydrogen) atoms. The van der Waals surface area contributed by atoms with Crippen LogP contribution in [0.15, 0.2) is 35.5 Å². The summed E-state index contributed by atoms with van der Waals surface area (Å²) < 4.78 is 5.26. The van der Waals surface area contributed by atoms with Crippen molar-refractivity contribution in [3.8, 4) is 5.75 Å². The second kappa shape index (κ2) is 9.93. The van der Waals surface area contributed by atoms with Crippen molar-refractivity contribution in [1.29, 1.82) is 0 Å². The number of hydrogen-bond acceptors (Lipinski definition) is 4. The molecule has 0 spiro atoms. The van der Waals surface area contributed by atoms with Crippen molar-refractivity contribution >= 4 is 17.3 Å². The predicted octanol–water partition coefficient (Wildman–Crippen LogP) is 2.80. The third kappa shape index (κ3) is 6.20. The van der Waals surface area contributed by atoms with E-state index in [0.29, 0.717) is 0 Å². The number of nitrogens with one attached hydrogen (secondary N) is 2. The minimum absolute atomic E-state index is 0.738. The van der Waals surface area contributed by atoms with Gasteiger partial charge >= 0.3 is 0 Å². The van der Waals surface area contributed by atoms with Crippen molar-refractivity contribution in [3.05, 3.63) is 45.9 Å². The summed E-state index contributed by atoms with van der Waals surface area (Å²) in [4.78, 5) is 10.2. The van der Waals surface area contributed by atoms with E-state index in [-0.39, 0.29) is 0 Å². The number of aliphatic imine (C=N–C) groups is 1. The molecule has 0 atom stereocenters. The fourth-order valence-electron chi connectivity index (χ4n) is 2.28. The van der Waals surface area contributed by atoms with E-state index in [0.717, 1.165) is 49.2 Å². The van der Waals surface area contributed by atoms with Crippen molar-refractivity contribution in [2.75, 3.05) is 26.7 Å². The molecule has 2 N–H and O–H groups in total. The largest absolute Gasteiger partial charge is 0.497 e. The first-order valence-corrected chi connectivity index (χ1v) is 9.09. The molecule has 0 bridgehead atoms. The molecule has 0 amide bonds. The summed E-state index contributed by atoms with van der Waals surface area (Å²) in [6.07, 6.45) is 3.72. The van der Waals surface area contributed by atoms with Crippen LogP contribution >= 0.6 is 11.3 Å². The van der Waals surface area contributed by atoms with E-state index in [1.165, 1.54) is 10.4 Å². The lowest BCUT2D eigenvalue weighted by Gasteiger charge is -2.11. The highest BCUT2D eigenvalue weighted by atomic mass is 32.1. The maximum Gasteiger partial charge on any atom is 0.191 e. The Morgan fingerprint density at radius 3 is 2.88 bits per heavy atom. The third-order valence-corrected chi connectivity index (χ3v) is 4.42. The summed E-state index contributed by atoms with van der Waals surface area (Å²) in [6, 6.07) is 8.15. The minimum Gasteiger partial charge on any atom is -0.497 e. The first-order valence-electron chi connectivity index (χ1n) is 8.27. The van der Waals surface area contributed by atoms with Crippen molar-refractivity contribution in [2.24, 2.45) is 4.99 Å². The van der Waals surface area contributed by atoms with Crippen molar-refractivity contribution in [2.45, 2.75) is 26.7 Å². The van der Waals surface area contributed by atoms with Gasteiger partial charge in [0.25, 0.3) is 0 Å². The average molecular weight is 347 g/mol. The number of thiazole rings is 1. The summed E-state index contributed by atoms with van der Waals surface area (Å²) in [5.74, 6) is 1.75. The van der Waals surface area contributed by atoms with Crippen LogP contribution < -0.4 is 15.4 Å². The zero-order valence-corrected chi connectivity index (χ0v) is 15.4. The lowest BCUT2D eigenvalue weighted by Crippen LogP contribution is -2.38. The van der Waals surface area contributed by atoms with Gasteiger partial charge in [-0.25, -0.2) is 4.98 Å². The van der Waals surface area contributed by atoms with Crippen LogP contribution in [-0.2, 0) is 12.8 Å². The second-order valence-corrected chi connectivity index (χ2v) is 6.72. The Kier molecular flexibility index (Phi) is 7.55. The molecule has 2 aromatic rings. The van der Waals surface area contributed by atoms with E-state index in [1.807, 2.05) is 18.3 Å². The average Bonchev–Trinajstić information content (AvgIpc) is 3.00. The van der Waals surface area contributed by atoms with Crippen LogP contribution in [-0.4, -0.2) is 37.7 Å². The molecule has 0 aliphatic rings. The van der Waals surface area contributed by atoms with Gasteiger partial charge in [-0.3, -0.25) is 4.99 Å². The Bertz CT molecular complexity index is 654. The summed E-state index contributed by atoms with van der Waals surface area (Å²) in [5.41, 5.74) is 1.25. The van der Waals surface area contributed by atoms with Gasteiger partial charge in [-0.2, -0.15) is 0 Å². The number of guanidine groups is 1. The predicted molar refractivity (Wildman–Crippen MR) is 101 cm³/mol. The van der Waals surface area contributed by atoms with E-state index < -0.39 is 0 Å². The number of methoxy groups -OCH3 is 1. The summed E-state index contributed by atoms with van der Waals surface area (Å²) in [6.45, 7) is 6.57. The van der Waals surface area contributed by atoms with Gasteiger partial charge in [-0.15, -0.1) is 11.3 Å². The molecular formula is C18H26N4OS. The molecule has 0 saturated heterocycles. The summed E-state index contributed by atoms with van der Waals surface area (Å²) in [7, 11) is 1.69. The first-order chi connectivity index (χ1) is 11.7. The molecule has 2 rings (SSSR count). The van der Waals surface area contributed by atoms with Crippen LogP contribution in [0.3, 0.4) is 0 Å². The van der Waals surface area contributed by atoms with Crippen molar-refractivity contribution in [3.63, 3.8) is 0 Å². The Hall–Kier alpha value is -2.08. The quantitative estimate of drug-likeness (QED) is 0.570. The standard InChI is InChI=1S/C18H26N4OS/c1-4-19-18(21-11-9-17-22-13-14(2)24-17)20-10-8-15-6-5-7-16(12-15)23-3/h5-7,12-13H,4,8-11H2,1-3H3,(H2,19,20,21). The summed E-state index contributed by atoms with van der Waals surface area (Å²) >= 11 is 1.74. The number of benzene rings is 1. The van der Waals surface area contributed by atoms with Crippen molar-refractivity contribution < 1.29 is 4.74 Å². The Morgan fingerprint density at radius 1 is 1.29 bits per heavy atom. The number of aromatic nitrogens is 1. The Balaban J connectivity index is 1.80. The number of nitrogens with zero attached hydrogens (tertiary/aromatic N) is 2. The monoisotopic (exact) mass is 346 g/mol. The molecule has 6 heteroatoms. The molecule has 0 fully saturated rings. The van der Waals surface area contributed by atoms with E-state index in [9.17, 15) is 0 Å². The highest BCUT2D eigenvalue weighted by Gasteiger charge is 2.01. The van der Waals surface area contributed by atoms with E-state index in [2.05, 4.69) is 46.6 Å². The van der Waals surface area contributed by atoms with E-state index in [1.54, 1.807) is 18.4 Å². The molecule has 1 aromatic carbocycles. The first kappa shape index (κ1) is 18.3. The van der Waals surface area contributed by atoms with Crippen LogP contribution in [0.2, 0.25) is 0 Å². The molecule has 0 radical (unpaired) electrons. The van der Waals surface area contributed by atoms with Gasteiger partial charge in [-0.1, -0.05) is 12.1 Å². The van der Waals surface area contributed by atoms with Gasteiger partial charge < -0.3 is 15.4 Å². The minimum atomic E-state index is 0.738. The maximum absolute atomic E-state index is 5.26. The molecule has 1 heterocycles. The number of ether oxygens (including phenoxy) is 1. The molecule has 130 valence electrons. The molecule has 0 aliphatic carbocycles. The number of rotatable bonds is 8. The Morgan fingerprint density at radius 2 is 2.17 bits per heavy atom. The van der Waals surface area contributed by atoms with Gasteiger partial charge in [-0.05, 0) is 38.0 Å². The normalized spacial score (nSPS) is 11.4. The highest BCUT2D eigenvalue weighted by molar-refractivity contribution is 7.11. The van der Waals surface area contributed by atoms with Crippen LogP contribution in [0.4, 0.5) is 0 Å². The molecule has 0 aliphatic heterocycles. The zero-order valence-electron chi connectivity index (χ0n) is 14.6. The van der Waals surface area contributed by atoms with E-state index in [4.69, 9.17) is 4.74 Å². The van der Waals surface area contributed by atoms with Gasteiger partial charge in [0.1, 0.15) is 5.75 Å². The second-order valence-electron chi connectivity index (χ2n) is 5.40. The molecule has 0 unspecified atom stereocenters. The fourth-order valence-corrected chi connectivity index (χ4v) is 3.05. The number of aryl methyl sites for hydroxylation is 1. The van der Waals surface area contributed by atoms with Crippen molar-refractivity contribution in [1.82, 2.24) is 15.6 Å². The van der Waals surface area contributed by atoms with E-state index >= 15 is 0 Å². The smallest absolute Gasteiger partial charge is 0.191 e. The van der Waals surface area contributed by atoms with Crippen LogP contribution in [0.1, 0.15) is 22.4 Å². The third-order valence-electron chi connectivity index (χ3n) is 3.45. The molecule has 5 nitrogen and oxygen atoms in total. The Labute approximate surface area is 148 Å². The van der Waals surface area contributed by atoms with Gasteiger partial charge in [0.2, 0.25) is 0 Å². The van der Waals surface area contributed by atoms with Gasteiger partial charge in [0, 0.05) is 37.1 Å². The maximum atomic E-state index is 5.26. The van der Waals surface area contributed by atoms with Gasteiger partial charge in [0.05, 0.1) is 12.1 Å². The van der Waals surface area contributed by atoms with Gasteiger partial charge in [0.15, 0.2) is 5.96 Å². The molecule has 0 saturated carbocycles. The fraction of sp³-hybridized carbons (Fsp3) is 0.444. The van der Waals surface area contributed by atoms with Crippen LogP contribution in [0.25, 0.3) is 0 Å².